The van der Waals surface area contributed by atoms with E-state index in [1.807, 2.05) is 12.1 Å². The fourth-order valence-corrected chi connectivity index (χ4v) is 2.29. The summed E-state index contributed by atoms with van der Waals surface area (Å²) in [6, 6.07) is 15.0. The molecule has 3 aromatic rings. The second kappa shape index (κ2) is 3.73. The molecule has 3 aromatic carbocycles. The Hall–Kier alpha value is -2.03. The number of benzene rings is 3. The van der Waals surface area contributed by atoms with Gasteiger partial charge in [0.2, 0.25) is 0 Å². The van der Waals surface area contributed by atoms with E-state index >= 15 is 0 Å². The molecule has 0 unspecified atom stereocenters. The van der Waals surface area contributed by atoms with Crippen molar-refractivity contribution in [2.24, 2.45) is 0 Å². The van der Waals surface area contributed by atoms with Crippen LogP contribution in [0.25, 0.3) is 21.5 Å². The monoisotopic (exact) mass is 246 g/mol. The van der Waals surface area contributed by atoms with Gasteiger partial charge in [0.15, 0.2) is 0 Å². The highest BCUT2D eigenvalue weighted by Gasteiger charge is 2.32. The number of hydrogen-bond donors (Lipinski definition) is 0. The van der Waals surface area contributed by atoms with Gasteiger partial charge in [-0.15, -0.1) is 0 Å². The van der Waals surface area contributed by atoms with Gasteiger partial charge in [-0.05, 0) is 27.6 Å². The van der Waals surface area contributed by atoms with Crippen molar-refractivity contribution in [3.63, 3.8) is 0 Å². The summed E-state index contributed by atoms with van der Waals surface area (Å²) in [6.45, 7) is 0. The van der Waals surface area contributed by atoms with Crippen LogP contribution >= 0.6 is 0 Å². The minimum Gasteiger partial charge on any atom is -0.166 e. The maximum atomic E-state index is 13.0. The van der Waals surface area contributed by atoms with E-state index in [9.17, 15) is 13.2 Å². The Bertz CT molecular complexity index is 726. The molecular weight excluding hydrogens is 237 g/mol. The molecule has 0 saturated carbocycles. The van der Waals surface area contributed by atoms with Gasteiger partial charge in [0.1, 0.15) is 0 Å². The van der Waals surface area contributed by atoms with Gasteiger partial charge in [-0.25, -0.2) is 0 Å². The van der Waals surface area contributed by atoms with Crippen molar-refractivity contribution in [2.45, 2.75) is 6.18 Å². The van der Waals surface area contributed by atoms with E-state index < -0.39 is 11.7 Å². The number of fused-ring (bicyclic) bond motifs is 3. The van der Waals surface area contributed by atoms with Crippen LogP contribution in [0.15, 0.2) is 54.6 Å². The van der Waals surface area contributed by atoms with Crippen molar-refractivity contribution in [1.82, 2.24) is 0 Å². The van der Waals surface area contributed by atoms with Gasteiger partial charge in [0, 0.05) is 0 Å². The molecule has 3 heteroatoms. The molecule has 3 rings (SSSR count). The van der Waals surface area contributed by atoms with Crippen LogP contribution in [0.2, 0.25) is 0 Å². The molecule has 0 fully saturated rings. The third-order valence-corrected chi connectivity index (χ3v) is 3.07. The van der Waals surface area contributed by atoms with E-state index in [-0.39, 0.29) is 5.39 Å². The standard InChI is InChI=1S/C15H9F3/c16-15(17,18)14-9-10-5-1-2-6-11(10)12-7-3-4-8-13(12)14/h1-9H. The molecule has 0 aliphatic carbocycles. The molecule has 0 heterocycles. The molecule has 0 radical (unpaired) electrons. The molecule has 0 saturated heterocycles. The Balaban J connectivity index is 2.55. The number of rotatable bonds is 0. The first-order chi connectivity index (χ1) is 8.57. The Kier molecular flexibility index (Phi) is 2.30. The summed E-state index contributed by atoms with van der Waals surface area (Å²) in [7, 11) is 0. The van der Waals surface area contributed by atoms with Crippen LogP contribution in [0.1, 0.15) is 5.56 Å². The molecule has 0 aliphatic heterocycles. The number of hydrogen-bond acceptors (Lipinski definition) is 0. The van der Waals surface area contributed by atoms with Crippen molar-refractivity contribution in [1.29, 1.82) is 0 Å². The van der Waals surface area contributed by atoms with Crippen LogP contribution < -0.4 is 0 Å². The Morgan fingerprint density at radius 2 is 1.22 bits per heavy atom. The highest BCUT2D eigenvalue weighted by atomic mass is 19.4. The minimum absolute atomic E-state index is 0.253. The predicted molar refractivity (Wildman–Crippen MR) is 66.5 cm³/mol. The lowest BCUT2D eigenvalue weighted by Gasteiger charge is -2.12. The lowest BCUT2D eigenvalue weighted by Crippen LogP contribution is -2.05. The van der Waals surface area contributed by atoms with E-state index in [2.05, 4.69) is 0 Å². The maximum Gasteiger partial charge on any atom is 0.417 e. The summed E-state index contributed by atoms with van der Waals surface area (Å²) >= 11 is 0. The summed E-state index contributed by atoms with van der Waals surface area (Å²) in [6.07, 6.45) is -4.33. The normalized spacial score (nSPS) is 12.2. The molecule has 0 bridgehead atoms. The molecule has 18 heavy (non-hydrogen) atoms. The second-order valence-electron chi connectivity index (χ2n) is 4.19. The predicted octanol–water partition coefficient (Wildman–Crippen LogP) is 5.01. The van der Waals surface area contributed by atoms with Crippen LogP contribution in [-0.2, 0) is 6.18 Å². The summed E-state index contributed by atoms with van der Waals surface area (Å²) < 4.78 is 39.1. The fraction of sp³-hybridized carbons (Fsp3) is 0.0667. The van der Waals surface area contributed by atoms with Crippen molar-refractivity contribution in [2.75, 3.05) is 0 Å². The van der Waals surface area contributed by atoms with E-state index in [0.717, 1.165) is 5.39 Å². The quantitative estimate of drug-likeness (QED) is 0.489. The molecule has 0 atom stereocenters. The smallest absolute Gasteiger partial charge is 0.166 e. The lowest BCUT2D eigenvalue weighted by molar-refractivity contribution is -0.136. The second-order valence-corrected chi connectivity index (χ2v) is 4.19. The van der Waals surface area contributed by atoms with Crippen LogP contribution in [0, 0.1) is 0 Å². The molecule has 90 valence electrons. The van der Waals surface area contributed by atoms with E-state index in [4.69, 9.17) is 0 Å². The first kappa shape index (κ1) is 11.1. The van der Waals surface area contributed by atoms with Gasteiger partial charge in [0.05, 0.1) is 5.56 Å². The van der Waals surface area contributed by atoms with Crippen molar-refractivity contribution < 1.29 is 13.2 Å². The number of alkyl halides is 3. The first-order valence-electron chi connectivity index (χ1n) is 5.55. The molecule has 0 amide bonds. The zero-order valence-corrected chi connectivity index (χ0v) is 9.33. The molecule has 0 nitrogen and oxygen atoms in total. The third-order valence-electron chi connectivity index (χ3n) is 3.07. The maximum absolute atomic E-state index is 13.0. The average Bonchev–Trinajstić information content (AvgIpc) is 2.37. The van der Waals surface area contributed by atoms with Gasteiger partial charge in [-0.3, -0.25) is 0 Å². The highest BCUT2D eigenvalue weighted by Crippen LogP contribution is 2.38. The first-order valence-corrected chi connectivity index (χ1v) is 5.55. The summed E-state index contributed by atoms with van der Waals surface area (Å²) in [5.74, 6) is 0. The average molecular weight is 246 g/mol. The van der Waals surface area contributed by atoms with Crippen molar-refractivity contribution in [3.05, 3.63) is 60.2 Å². The van der Waals surface area contributed by atoms with Crippen LogP contribution in [0.4, 0.5) is 13.2 Å². The SMILES string of the molecule is FC(F)(F)c1cc2ccccc2c2ccccc12. The summed E-state index contributed by atoms with van der Waals surface area (Å²) in [5.41, 5.74) is -0.572. The van der Waals surface area contributed by atoms with Crippen molar-refractivity contribution >= 4 is 21.5 Å². The summed E-state index contributed by atoms with van der Waals surface area (Å²) in [5, 5.41) is 2.36. The van der Waals surface area contributed by atoms with Gasteiger partial charge in [0.25, 0.3) is 0 Å². The molecule has 0 N–H and O–H groups in total. The minimum atomic E-state index is -4.33. The van der Waals surface area contributed by atoms with E-state index in [1.54, 1.807) is 30.3 Å². The topological polar surface area (TPSA) is 0 Å². The van der Waals surface area contributed by atoms with E-state index in [0.29, 0.717) is 10.8 Å². The molecule has 0 spiro atoms. The van der Waals surface area contributed by atoms with Crippen LogP contribution in [0.3, 0.4) is 0 Å². The van der Waals surface area contributed by atoms with Crippen LogP contribution in [0.5, 0.6) is 0 Å². The third kappa shape index (κ3) is 1.63. The van der Waals surface area contributed by atoms with Crippen LogP contribution in [-0.4, -0.2) is 0 Å². The molecule has 0 aromatic heterocycles. The van der Waals surface area contributed by atoms with Gasteiger partial charge < -0.3 is 0 Å². The zero-order chi connectivity index (χ0) is 12.8. The zero-order valence-electron chi connectivity index (χ0n) is 9.33. The largest absolute Gasteiger partial charge is 0.417 e. The van der Waals surface area contributed by atoms with Gasteiger partial charge in [-0.2, -0.15) is 13.2 Å². The molecular formula is C15H9F3. The Morgan fingerprint density at radius 1 is 0.667 bits per heavy atom. The van der Waals surface area contributed by atoms with Crippen molar-refractivity contribution in [3.8, 4) is 0 Å². The van der Waals surface area contributed by atoms with Gasteiger partial charge >= 0.3 is 6.18 Å². The lowest BCUT2D eigenvalue weighted by atomic mass is 9.97. The number of halogens is 3. The fourth-order valence-electron chi connectivity index (χ4n) is 2.29. The highest BCUT2D eigenvalue weighted by molar-refractivity contribution is 6.09. The Morgan fingerprint density at radius 3 is 1.89 bits per heavy atom. The molecule has 0 aliphatic rings. The van der Waals surface area contributed by atoms with E-state index in [1.165, 1.54) is 12.1 Å². The Labute approximate surface area is 102 Å². The van der Waals surface area contributed by atoms with Gasteiger partial charge in [-0.1, -0.05) is 48.5 Å². The summed E-state index contributed by atoms with van der Waals surface area (Å²) in [4.78, 5) is 0.